The number of aliphatic hydroxyl groups is 1. The summed E-state index contributed by atoms with van der Waals surface area (Å²) in [6, 6.07) is 7.36. The van der Waals surface area contributed by atoms with E-state index in [2.05, 4.69) is 10.3 Å². The van der Waals surface area contributed by atoms with Gasteiger partial charge in [0.05, 0.1) is 5.56 Å². The average molecular weight is 306 g/mol. The molecular formula is C15H18N2O3S. The van der Waals surface area contributed by atoms with Crippen LogP contribution < -0.4 is 5.32 Å². The number of rotatable bonds is 8. The van der Waals surface area contributed by atoms with Crippen molar-refractivity contribution in [3.63, 3.8) is 0 Å². The Morgan fingerprint density at radius 2 is 2.00 bits per heavy atom. The Bertz CT molecular complexity index is 619. The topological polar surface area (TPSA) is 82.5 Å². The molecule has 0 aliphatic rings. The van der Waals surface area contributed by atoms with Gasteiger partial charge in [0.25, 0.3) is 0 Å². The lowest BCUT2D eigenvalue weighted by Crippen LogP contribution is -2.08. The van der Waals surface area contributed by atoms with E-state index in [1.807, 2.05) is 18.2 Å². The van der Waals surface area contributed by atoms with Gasteiger partial charge in [-0.05, 0) is 12.2 Å². The van der Waals surface area contributed by atoms with Gasteiger partial charge in [0.2, 0.25) is 0 Å². The second-order valence-electron chi connectivity index (χ2n) is 4.49. The lowest BCUT2D eigenvalue weighted by Gasteiger charge is -2.10. The van der Waals surface area contributed by atoms with E-state index in [-0.39, 0.29) is 12.2 Å². The van der Waals surface area contributed by atoms with E-state index in [4.69, 9.17) is 5.11 Å². The minimum absolute atomic E-state index is 0.216. The molecule has 0 bridgehead atoms. The lowest BCUT2D eigenvalue weighted by atomic mass is 10.1. The van der Waals surface area contributed by atoms with Crippen LogP contribution >= 0.6 is 11.8 Å². The number of aromatic carboxylic acids is 1. The molecule has 0 unspecified atom stereocenters. The molecule has 3 N–H and O–H groups in total. The van der Waals surface area contributed by atoms with Crippen LogP contribution in [0.25, 0.3) is 10.8 Å². The first-order valence-electron chi connectivity index (χ1n) is 6.77. The van der Waals surface area contributed by atoms with Crippen molar-refractivity contribution < 1.29 is 15.0 Å². The Morgan fingerprint density at radius 1 is 1.24 bits per heavy atom. The average Bonchev–Trinajstić information content (AvgIpc) is 2.50. The van der Waals surface area contributed by atoms with Gasteiger partial charge in [-0.15, -0.1) is 0 Å². The first-order chi connectivity index (χ1) is 10.2. The second kappa shape index (κ2) is 7.85. The molecule has 0 saturated carbocycles. The van der Waals surface area contributed by atoms with E-state index in [1.165, 1.54) is 6.20 Å². The number of carboxylic acid groups (broad SMARTS) is 1. The van der Waals surface area contributed by atoms with Crippen LogP contribution in [0.2, 0.25) is 0 Å². The number of carboxylic acids is 1. The Kier molecular flexibility index (Phi) is 5.83. The van der Waals surface area contributed by atoms with Gasteiger partial charge in [-0.3, -0.25) is 0 Å². The van der Waals surface area contributed by atoms with Crippen molar-refractivity contribution in [3.8, 4) is 0 Å². The normalized spacial score (nSPS) is 10.7. The van der Waals surface area contributed by atoms with E-state index in [1.54, 1.807) is 17.8 Å². The fraction of sp³-hybridized carbons (Fsp3) is 0.333. The van der Waals surface area contributed by atoms with Crippen molar-refractivity contribution in [1.29, 1.82) is 0 Å². The predicted molar refractivity (Wildman–Crippen MR) is 86.2 cm³/mol. The summed E-state index contributed by atoms with van der Waals surface area (Å²) >= 11 is 1.77. The molecule has 6 heteroatoms. The highest BCUT2D eigenvalue weighted by atomic mass is 32.2. The number of benzene rings is 1. The number of pyridine rings is 1. The zero-order valence-electron chi connectivity index (χ0n) is 11.6. The van der Waals surface area contributed by atoms with Crippen molar-refractivity contribution in [1.82, 2.24) is 4.98 Å². The third-order valence-electron chi connectivity index (χ3n) is 3.01. The van der Waals surface area contributed by atoms with Crippen LogP contribution in [-0.2, 0) is 0 Å². The molecule has 1 aromatic heterocycles. The van der Waals surface area contributed by atoms with Gasteiger partial charge in [-0.1, -0.05) is 24.3 Å². The van der Waals surface area contributed by atoms with Crippen LogP contribution in [-0.4, -0.2) is 45.8 Å². The fourth-order valence-electron chi connectivity index (χ4n) is 2.01. The molecule has 1 aromatic carbocycles. The maximum absolute atomic E-state index is 11.2. The van der Waals surface area contributed by atoms with Gasteiger partial charge >= 0.3 is 5.97 Å². The van der Waals surface area contributed by atoms with Crippen LogP contribution in [0.3, 0.4) is 0 Å². The first kappa shape index (κ1) is 15.6. The van der Waals surface area contributed by atoms with Crippen molar-refractivity contribution in [2.24, 2.45) is 0 Å². The molecule has 0 spiro atoms. The smallest absolute Gasteiger partial charge is 0.337 e. The number of nitrogens with zero attached hydrogens (tertiary/aromatic N) is 1. The summed E-state index contributed by atoms with van der Waals surface area (Å²) in [4.78, 5) is 15.4. The SMILES string of the molecule is O=C(O)c1cnc(NCCSCCCO)c2ccccc12. The number of aliphatic hydroxyl groups excluding tert-OH is 1. The van der Waals surface area contributed by atoms with Crippen molar-refractivity contribution >= 4 is 34.3 Å². The van der Waals surface area contributed by atoms with Gasteiger partial charge in [0.15, 0.2) is 0 Å². The van der Waals surface area contributed by atoms with Crippen molar-refractivity contribution in [2.75, 3.05) is 30.0 Å². The molecule has 2 rings (SSSR count). The van der Waals surface area contributed by atoms with E-state index in [9.17, 15) is 9.90 Å². The molecule has 2 aromatic rings. The minimum Gasteiger partial charge on any atom is -0.478 e. The summed E-state index contributed by atoms with van der Waals surface area (Å²) in [7, 11) is 0. The summed E-state index contributed by atoms with van der Waals surface area (Å²) in [6.45, 7) is 0.975. The Labute approximate surface area is 127 Å². The van der Waals surface area contributed by atoms with Gasteiger partial charge < -0.3 is 15.5 Å². The zero-order valence-corrected chi connectivity index (χ0v) is 12.4. The molecule has 0 radical (unpaired) electrons. The van der Waals surface area contributed by atoms with Crippen LogP contribution in [0.15, 0.2) is 30.5 Å². The largest absolute Gasteiger partial charge is 0.478 e. The van der Waals surface area contributed by atoms with E-state index < -0.39 is 5.97 Å². The number of hydrogen-bond acceptors (Lipinski definition) is 5. The summed E-state index contributed by atoms with van der Waals surface area (Å²) in [5.41, 5.74) is 0.216. The number of carbonyl (C=O) groups is 1. The van der Waals surface area contributed by atoms with Crippen LogP contribution in [0.1, 0.15) is 16.8 Å². The molecule has 112 valence electrons. The summed E-state index contributed by atoms with van der Waals surface area (Å²) in [5.74, 6) is 1.59. The molecule has 0 amide bonds. The van der Waals surface area contributed by atoms with E-state index in [0.29, 0.717) is 11.2 Å². The third kappa shape index (κ3) is 4.09. The van der Waals surface area contributed by atoms with Gasteiger partial charge in [-0.2, -0.15) is 11.8 Å². The Morgan fingerprint density at radius 3 is 2.71 bits per heavy atom. The number of fused-ring (bicyclic) bond motifs is 1. The van der Waals surface area contributed by atoms with E-state index in [0.717, 1.165) is 29.9 Å². The van der Waals surface area contributed by atoms with Crippen LogP contribution in [0, 0.1) is 0 Å². The summed E-state index contributed by atoms with van der Waals surface area (Å²) in [5, 5.41) is 22.6. The monoisotopic (exact) mass is 306 g/mol. The highest BCUT2D eigenvalue weighted by Gasteiger charge is 2.11. The minimum atomic E-state index is -0.968. The zero-order chi connectivity index (χ0) is 15.1. The standard InChI is InChI=1S/C15H18N2O3S/c18-7-3-8-21-9-6-16-14-12-5-2-1-4-11(12)13(10-17-14)15(19)20/h1-2,4-5,10,18H,3,6-9H2,(H,16,17)(H,19,20). The maximum Gasteiger partial charge on any atom is 0.337 e. The van der Waals surface area contributed by atoms with Crippen molar-refractivity contribution in [2.45, 2.75) is 6.42 Å². The fourth-order valence-corrected chi connectivity index (χ4v) is 2.80. The molecule has 0 aliphatic carbocycles. The van der Waals surface area contributed by atoms with Crippen LogP contribution in [0.4, 0.5) is 5.82 Å². The molecule has 0 saturated heterocycles. The summed E-state index contributed by atoms with van der Waals surface area (Å²) in [6.07, 6.45) is 2.20. The first-order valence-corrected chi connectivity index (χ1v) is 7.93. The lowest BCUT2D eigenvalue weighted by molar-refractivity contribution is 0.0698. The number of aromatic nitrogens is 1. The molecule has 5 nitrogen and oxygen atoms in total. The molecule has 0 atom stereocenters. The second-order valence-corrected chi connectivity index (χ2v) is 5.71. The molecule has 0 aliphatic heterocycles. The summed E-state index contributed by atoms with van der Waals surface area (Å²) < 4.78 is 0. The highest BCUT2D eigenvalue weighted by molar-refractivity contribution is 7.99. The quantitative estimate of drug-likeness (QED) is 0.650. The Hall–Kier alpha value is -1.79. The maximum atomic E-state index is 11.2. The van der Waals surface area contributed by atoms with Gasteiger partial charge in [-0.25, -0.2) is 9.78 Å². The Balaban J connectivity index is 2.07. The van der Waals surface area contributed by atoms with Crippen molar-refractivity contribution in [3.05, 3.63) is 36.0 Å². The van der Waals surface area contributed by atoms with Crippen LogP contribution in [0.5, 0.6) is 0 Å². The third-order valence-corrected chi connectivity index (χ3v) is 4.08. The highest BCUT2D eigenvalue weighted by Crippen LogP contribution is 2.24. The number of hydrogen-bond donors (Lipinski definition) is 3. The van der Waals surface area contributed by atoms with Gasteiger partial charge in [0.1, 0.15) is 5.82 Å². The number of nitrogens with one attached hydrogen (secondary N) is 1. The number of anilines is 1. The molecule has 21 heavy (non-hydrogen) atoms. The predicted octanol–water partition coefficient (Wildman–Crippen LogP) is 2.46. The molecule has 0 fully saturated rings. The number of thioether (sulfide) groups is 1. The van der Waals surface area contributed by atoms with Gasteiger partial charge in [0, 0.05) is 35.9 Å². The molecular weight excluding hydrogens is 288 g/mol. The molecule has 1 heterocycles. The van der Waals surface area contributed by atoms with E-state index >= 15 is 0 Å².